The van der Waals surface area contributed by atoms with E-state index in [9.17, 15) is 9.59 Å². The molecule has 0 fully saturated rings. The van der Waals surface area contributed by atoms with Gasteiger partial charge in [-0.2, -0.15) is 0 Å². The van der Waals surface area contributed by atoms with Crippen molar-refractivity contribution in [1.29, 1.82) is 0 Å². The molecule has 0 heterocycles. The van der Waals surface area contributed by atoms with Gasteiger partial charge in [-0.3, -0.25) is 9.59 Å². The Kier molecular flexibility index (Phi) is 11.5. The van der Waals surface area contributed by atoms with Gasteiger partial charge in [0.15, 0.2) is 0 Å². The van der Waals surface area contributed by atoms with Gasteiger partial charge in [0, 0.05) is 35.2 Å². The molecule has 0 radical (unpaired) electrons. The molecule has 2 aromatic rings. The zero-order valence-corrected chi connectivity index (χ0v) is 20.7. The Morgan fingerprint density at radius 3 is 2.56 bits per heavy atom. The van der Waals surface area contributed by atoms with Crippen LogP contribution in [0.15, 0.2) is 53.4 Å². The second-order valence-electron chi connectivity index (χ2n) is 7.49. The lowest BCUT2D eigenvalue weighted by molar-refractivity contribution is -0.141. The summed E-state index contributed by atoms with van der Waals surface area (Å²) in [6, 6.07) is 14.7. The first-order valence-electron chi connectivity index (χ1n) is 11.1. The van der Waals surface area contributed by atoms with Crippen molar-refractivity contribution in [2.75, 3.05) is 19.4 Å². The summed E-state index contributed by atoms with van der Waals surface area (Å²) in [6.07, 6.45) is 2.82. The summed E-state index contributed by atoms with van der Waals surface area (Å²) >= 11 is 7.55. The third kappa shape index (κ3) is 8.40. The number of nitrogens with zero attached hydrogens (tertiary/aromatic N) is 1. The number of hydrogen-bond donors (Lipinski definition) is 1. The van der Waals surface area contributed by atoms with E-state index in [0.717, 1.165) is 29.1 Å². The topological polar surface area (TPSA) is 58.6 Å². The normalized spacial score (nSPS) is 11.6. The van der Waals surface area contributed by atoms with Gasteiger partial charge in [0.2, 0.25) is 11.8 Å². The van der Waals surface area contributed by atoms with Crippen LogP contribution in [-0.2, 0) is 16.1 Å². The molecule has 0 bridgehead atoms. The number of benzene rings is 2. The molecule has 1 atom stereocenters. The van der Waals surface area contributed by atoms with Crippen molar-refractivity contribution in [2.45, 2.75) is 57.0 Å². The molecule has 0 aromatic heterocycles. The standard InChI is InChI=1S/C25H33ClN2O3S/c1-4-6-15-27-25(30)23(5-2)28(18-19-8-7-9-21(17-19)31-3)24(29)14-16-32-22-12-10-20(26)11-13-22/h7-13,17,23H,4-6,14-16,18H2,1-3H3,(H,27,30). The van der Waals surface area contributed by atoms with Gasteiger partial charge in [-0.05, 0) is 54.8 Å². The Bertz CT molecular complexity index is 861. The molecule has 1 unspecified atom stereocenters. The van der Waals surface area contributed by atoms with E-state index in [1.54, 1.807) is 23.8 Å². The monoisotopic (exact) mass is 476 g/mol. The van der Waals surface area contributed by atoms with Crippen LogP contribution in [0.1, 0.15) is 45.1 Å². The molecule has 2 aromatic carbocycles. The molecule has 32 heavy (non-hydrogen) atoms. The molecule has 7 heteroatoms. The van der Waals surface area contributed by atoms with Crippen LogP contribution >= 0.6 is 23.4 Å². The van der Waals surface area contributed by atoms with Crippen molar-refractivity contribution >= 4 is 35.2 Å². The molecule has 0 aliphatic heterocycles. The van der Waals surface area contributed by atoms with Gasteiger partial charge in [-0.25, -0.2) is 0 Å². The number of thioether (sulfide) groups is 1. The first-order valence-corrected chi connectivity index (χ1v) is 12.4. The molecule has 1 N–H and O–H groups in total. The van der Waals surface area contributed by atoms with Gasteiger partial charge in [0.1, 0.15) is 11.8 Å². The highest BCUT2D eigenvalue weighted by Crippen LogP contribution is 2.23. The van der Waals surface area contributed by atoms with E-state index in [-0.39, 0.29) is 11.8 Å². The van der Waals surface area contributed by atoms with E-state index < -0.39 is 6.04 Å². The summed E-state index contributed by atoms with van der Waals surface area (Å²) in [7, 11) is 1.62. The molecule has 0 spiro atoms. The van der Waals surface area contributed by atoms with E-state index in [1.165, 1.54) is 0 Å². The molecule has 0 aliphatic carbocycles. The number of ether oxygens (including phenoxy) is 1. The van der Waals surface area contributed by atoms with Crippen molar-refractivity contribution in [3.8, 4) is 5.75 Å². The Morgan fingerprint density at radius 2 is 1.91 bits per heavy atom. The molecule has 5 nitrogen and oxygen atoms in total. The fourth-order valence-electron chi connectivity index (χ4n) is 3.32. The van der Waals surface area contributed by atoms with E-state index >= 15 is 0 Å². The minimum atomic E-state index is -0.508. The third-order valence-corrected chi connectivity index (χ3v) is 6.37. The number of halogens is 1. The first kappa shape index (κ1) is 26.1. The second-order valence-corrected chi connectivity index (χ2v) is 9.10. The summed E-state index contributed by atoms with van der Waals surface area (Å²) < 4.78 is 5.32. The van der Waals surface area contributed by atoms with Crippen molar-refractivity contribution in [3.63, 3.8) is 0 Å². The summed E-state index contributed by atoms with van der Waals surface area (Å²) in [5, 5.41) is 3.68. The molecule has 0 saturated heterocycles. The van der Waals surface area contributed by atoms with Crippen LogP contribution in [-0.4, -0.2) is 42.2 Å². The van der Waals surface area contributed by atoms with Gasteiger partial charge >= 0.3 is 0 Å². The molecule has 2 rings (SSSR count). The Morgan fingerprint density at radius 1 is 1.16 bits per heavy atom. The number of unbranched alkanes of at least 4 members (excludes halogenated alkanes) is 1. The van der Waals surface area contributed by atoms with Crippen LogP contribution < -0.4 is 10.1 Å². The summed E-state index contributed by atoms with van der Waals surface area (Å²) in [5.41, 5.74) is 0.933. The van der Waals surface area contributed by atoms with E-state index in [1.807, 2.05) is 55.5 Å². The number of methoxy groups -OCH3 is 1. The average Bonchev–Trinajstić information content (AvgIpc) is 2.80. The van der Waals surface area contributed by atoms with Crippen LogP contribution in [0.4, 0.5) is 0 Å². The van der Waals surface area contributed by atoms with Crippen LogP contribution in [0.2, 0.25) is 5.02 Å². The van der Waals surface area contributed by atoms with Crippen molar-refractivity contribution in [1.82, 2.24) is 10.2 Å². The highest BCUT2D eigenvalue weighted by molar-refractivity contribution is 7.99. The number of nitrogens with one attached hydrogen (secondary N) is 1. The number of carbonyl (C=O) groups is 2. The molecule has 0 saturated carbocycles. The maximum atomic E-state index is 13.3. The molecular weight excluding hydrogens is 444 g/mol. The summed E-state index contributed by atoms with van der Waals surface area (Å²) in [4.78, 5) is 28.9. The summed E-state index contributed by atoms with van der Waals surface area (Å²) in [6.45, 7) is 5.01. The zero-order valence-electron chi connectivity index (χ0n) is 19.1. The largest absolute Gasteiger partial charge is 0.497 e. The van der Waals surface area contributed by atoms with Gasteiger partial charge in [0.05, 0.1) is 7.11 Å². The number of rotatable bonds is 13. The Hall–Kier alpha value is -2.18. The van der Waals surface area contributed by atoms with E-state index in [4.69, 9.17) is 16.3 Å². The number of hydrogen-bond acceptors (Lipinski definition) is 4. The molecule has 174 valence electrons. The maximum Gasteiger partial charge on any atom is 0.242 e. The number of carbonyl (C=O) groups excluding carboxylic acids is 2. The Balaban J connectivity index is 2.12. The van der Waals surface area contributed by atoms with Gasteiger partial charge in [-0.1, -0.05) is 44.0 Å². The van der Waals surface area contributed by atoms with E-state index in [2.05, 4.69) is 12.2 Å². The quantitative estimate of drug-likeness (QED) is 0.304. The Labute approximate surface area is 200 Å². The highest BCUT2D eigenvalue weighted by Gasteiger charge is 2.28. The molecular formula is C25H33ClN2O3S. The van der Waals surface area contributed by atoms with Gasteiger partial charge in [0.25, 0.3) is 0 Å². The SMILES string of the molecule is CCCCNC(=O)C(CC)N(Cc1cccc(OC)c1)C(=O)CCSc1ccc(Cl)cc1. The zero-order chi connectivity index (χ0) is 23.3. The molecule has 0 aliphatic rings. The van der Waals surface area contributed by atoms with Crippen LogP contribution in [0.5, 0.6) is 5.75 Å². The van der Waals surface area contributed by atoms with Crippen molar-refractivity contribution in [2.24, 2.45) is 0 Å². The van der Waals surface area contributed by atoms with Crippen molar-refractivity contribution < 1.29 is 14.3 Å². The van der Waals surface area contributed by atoms with Gasteiger partial charge < -0.3 is 15.0 Å². The second kappa shape index (κ2) is 14.1. The minimum Gasteiger partial charge on any atom is -0.497 e. The number of amides is 2. The van der Waals surface area contributed by atoms with Crippen LogP contribution in [0.3, 0.4) is 0 Å². The molecule has 2 amide bonds. The highest BCUT2D eigenvalue weighted by atomic mass is 35.5. The predicted octanol–water partition coefficient (Wildman–Crippen LogP) is 5.55. The lowest BCUT2D eigenvalue weighted by atomic mass is 10.1. The predicted molar refractivity (Wildman–Crippen MR) is 132 cm³/mol. The lowest BCUT2D eigenvalue weighted by Gasteiger charge is -2.31. The lowest BCUT2D eigenvalue weighted by Crippen LogP contribution is -2.49. The maximum absolute atomic E-state index is 13.3. The van der Waals surface area contributed by atoms with E-state index in [0.29, 0.717) is 36.7 Å². The third-order valence-electron chi connectivity index (χ3n) is 5.10. The van der Waals surface area contributed by atoms with Crippen LogP contribution in [0, 0.1) is 0 Å². The fraction of sp³-hybridized carbons (Fsp3) is 0.440. The smallest absolute Gasteiger partial charge is 0.242 e. The fourth-order valence-corrected chi connectivity index (χ4v) is 4.29. The van der Waals surface area contributed by atoms with Gasteiger partial charge in [-0.15, -0.1) is 11.8 Å². The van der Waals surface area contributed by atoms with Crippen molar-refractivity contribution in [3.05, 3.63) is 59.1 Å². The minimum absolute atomic E-state index is 0.0354. The van der Waals surface area contributed by atoms with Crippen LogP contribution in [0.25, 0.3) is 0 Å². The average molecular weight is 477 g/mol. The first-order chi connectivity index (χ1) is 15.5. The summed E-state index contributed by atoms with van der Waals surface area (Å²) in [5.74, 6) is 1.23.